The molecule has 0 atom stereocenters. The number of rotatable bonds is 6. The van der Waals surface area contributed by atoms with Gasteiger partial charge < -0.3 is 14.6 Å². The van der Waals surface area contributed by atoms with Gasteiger partial charge in [0.2, 0.25) is 0 Å². The predicted octanol–water partition coefficient (Wildman–Crippen LogP) is 5.01. The summed E-state index contributed by atoms with van der Waals surface area (Å²) in [5.74, 6) is 1.55. The van der Waals surface area contributed by atoms with Crippen molar-refractivity contribution in [3.05, 3.63) is 60.2 Å². The lowest BCUT2D eigenvalue weighted by Crippen LogP contribution is -2.12. The molecule has 0 heterocycles. The maximum absolute atomic E-state index is 10.6. The topological polar surface area (TPSA) is 51.0 Å². The van der Waals surface area contributed by atoms with Crippen molar-refractivity contribution < 1.29 is 14.6 Å². The molecule has 0 unspecified atom stereocenters. The lowest BCUT2D eigenvalue weighted by molar-refractivity contribution is 0.364. The Kier molecular flexibility index (Phi) is 5.86. The minimum Gasteiger partial charge on any atom is -0.507 e. The van der Waals surface area contributed by atoms with Gasteiger partial charge in [-0.15, -0.1) is 0 Å². The Morgan fingerprint density at radius 2 is 1.92 bits per heavy atom. The number of aromatic hydroxyl groups is 1. The van der Waals surface area contributed by atoms with E-state index in [9.17, 15) is 5.11 Å². The average Bonchev–Trinajstić information content (AvgIpc) is 2.58. The number of phenols is 1. The smallest absolute Gasteiger partial charge is 0.145 e. The standard InChI is InChI=1S/C21H25NO3/c1-6-11-25-19-10-8-7-9-18(19)22-14-15-12-16(24-5)13-17(20(15)23)21(2,3)4/h6-10,12-14,23H,1,11H2,2-5H3. The number of para-hydroxylation sites is 2. The molecule has 25 heavy (non-hydrogen) atoms. The van der Waals surface area contributed by atoms with Crippen LogP contribution >= 0.6 is 0 Å². The average molecular weight is 339 g/mol. The van der Waals surface area contributed by atoms with Gasteiger partial charge in [0.1, 0.15) is 29.5 Å². The number of aliphatic imine (C=N–C) groups is 1. The largest absolute Gasteiger partial charge is 0.507 e. The van der Waals surface area contributed by atoms with Crippen LogP contribution in [0.4, 0.5) is 5.69 Å². The van der Waals surface area contributed by atoms with E-state index in [1.807, 2.05) is 51.1 Å². The zero-order valence-corrected chi connectivity index (χ0v) is 15.2. The third-order valence-electron chi connectivity index (χ3n) is 3.72. The second kappa shape index (κ2) is 7.88. The van der Waals surface area contributed by atoms with Gasteiger partial charge >= 0.3 is 0 Å². The Balaban J connectivity index is 2.43. The van der Waals surface area contributed by atoms with Crippen molar-refractivity contribution in [2.45, 2.75) is 26.2 Å². The molecule has 0 aromatic heterocycles. The van der Waals surface area contributed by atoms with E-state index in [1.165, 1.54) is 0 Å². The first-order chi connectivity index (χ1) is 11.9. The molecule has 2 aromatic carbocycles. The van der Waals surface area contributed by atoms with Gasteiger partial charge in [0, 0.05) is 17.3 Å². The first-order valence-electron chi connectivity index (χ1n) is 8.15. The van der Waals surface area contributed by atoms with Crippen LogP contribution in [-0.4, -0.2) is 25.0 Å². The second-order valence-corrected chi connectivity index (χ2v) is 6.69. The van der Waals surface area contributed by atoms with Crippen LogP contribution in [0.25, 0.3) is 0 Å². The quantitative estimate of drug-likeness (QED) is 0.594. The van der Waals surface area contributed by atoms with E-state index >= 15 is 0 Å². The summed E-state index contributed by atoms with van der Waals surface area (Å²) in [6.07, 6.45) is 3.31. The lowest BCUT2D eigenvalue weighted by atomic mass is 9.85. The number of benzene rings is 2. The van der Waals surface area contributed by atoms with Gasteiger partial charge in [-0.05, 0) is 29.7 Å². The van der Waals surface area contributed by atoms with Gasteiger partial charge in [-0.2, -0.15) is 0 Å². The van der Waals surface area contributed by atoms with Crippen molar-refractivity contribution in [3.8, 4) is 17.2 Å². The number of ether oxygens (including phenoxy) is 2. The van der Waals surface area contributed by atoms with Crippen LogP contribution in [0.1, 0.15) is 31.9 Å². The van der Waals surface area contributed by atoms with Crippen molar-refractivity contribution in [1.29, 1.82) is 0 Å². The monoisotopic (exact) mass is 339 g/mol. The number of hydrogen-bond donors (Lipinski definition) is 1. The number of hydrogen-bond acceptors (Lipinski definition) is 4. The Morgan fingerprint density at radius 1 is 1.20 bits per heavy atom. The molecule has 0 radical (unpaired) electrons. The molecule has 2 aromatic rings. The molecule has 0 aliphatic heterocycles. The van der Waals surface area contributed by atoms with Gasteiger partial charge in [0.15, 0.2) is 0 Å². The van der Waals surface area contributed by atoms with Crippen LogP contribution in [0.15, 0.2) is 54.0 Å². The van der Waals surface area contributed by atoms with E-state index in [2.05, 4.69) is 11.6 Å². The fraction of sp³-hybridized carbons (Fsp3) is 0.286. The molecule has 0 saturated carbocycles. The first-order valence-corrected chi connectivity index (χ1v) is 8.15. The zero-order valence-electron chi connectivity index (χ0n) is 15.2. The Hall–Kier alpha value is -2.75. The molecule has 4 nitrogen and oxygen atoms in total. The van der Waals surface area contributed by atoms with Gasteiger partial charge in [0.25, 0.3) is 0 Å². The van der Waals surface area contributed by atoms with Crippen LogP contribution < -0.4 is 9.47 Å². The van der Waals surface area contributed by atoms with Crippen molar-refractivity contribution in [3.63, 3.8) is 0 Å². The fourth-order valence-corrected chi connectivity index (χ4v) is 2.39. The summed E-state index contributed by atoms with van der Waals surface area (Å²) in [5.41, 5.74) is 1.88. The Labute approximate surface area is 149 Å². The summed E-state index contributed by atoms with van der Waals surface area (Å²) in [5, 5.41) is 10.6. The van der Waals surface area contributed by atoms with Gasteiger partial charge in [0.05, 0.1) is 7.11 Å². The first kappa shape index (κ1) is 18.6. The molecule has 0 aliphatic rings. The highest BCUT2D eigenvalue weighted by molar-refractivity contribution is 5.87. The van der Waals surface area contributed by atoms with Gasteiger partial charge in [-0.25, -0.2) is 0 Å². The molecule has 0 spiro atoms. The number of nitrogens with zero attached hydrogens (tertiary/aromatic N) is 1. The molecule has 0 bridgehead atoms. The van der Waals surface area contributed by atoms with Gasteiger partial charge in [-0.1, -0.05) is 45.6 Å². The highest BCUT2D eigenvalue weighted by Gasteiger charge is 2.21. The summed E-state index contributed by atoms with van der Waals surface area (Å²) >= 11 is 0. The lowest BCUT2D eigenvalue weighted by Gasteiger charge is -2.22. The highest BCUT2D eigenvalue weighted by atomic mass is 16.5. The molecule has 0 fully saturated rings. The van der Waals surface area contributed by atoms with Crippen molar-refractivity contribution >= 4 is 11.9 Å². The molecule has 0 amide bonds. The van der Waals surface area contributed by atoms with E-state index in [1.54, 1.807) is 25.5 Å². The number of methoxy groups -OCH3 is 1. The fourth-order valence-electron chi connectivity index (χ4n) is 2.39. The third kappa shape index (κ3) is 4.63. The molecule has 4 heteroatoms. The van der Waals surface area contributed by atoms with Crippen LogP contribution in [0.2, 0.25) is 0 Å². The molecular weight excluding hydrogens is 314 g/mol. The summed E-state index contributed by atoms with van der Waals surface area (Å²) in [6, 6.07) is 11.1. The second-order valence-electron chi connectivity index (χ2n) is 6.69. The minimum absolute atomic E-state index is 0.210. The highest BCUT2D eigenvalue weighted by Crippen LogP contribution is 2.36. The third-order valence-corrected chi connectivity index (χ3v) is 3.72. The van der Waals surface area contributed by atoms with Crippen molar-refractivity contribution in [1.82, 2.24) is 0 Å². The van der Waals surface area contributed by atoms with Crippen LogP contribution in [0.5, 0.6) is 17.2 Å². The van der Waals surface area contributed by atoms with Gasteiger partial charge in [-0.3, -0.25) is 4.99 Å². The van der Waals surface area contributed by atoms with Crippen LogP contribution in [0.3, 0.4) is 0 Å². The van der Waals surface area contributed by atoms with Crippen LogP contribution in [0, 0.1) is 0 Å². The molecule has 2 rings (SSSR count). The molecule has 0 aliphatic carbocycles. The SMILES string of the molecule is C=CCOc1ccccc1N=Cc1cc(OC)cc(C(C)(C)C)c1O. The maximum atomic E-state index is 10.6. The van der Waals surface area contributed by atoms with E-state index in [4.69, 9.17) is 9.47 Å². The van der Waals surface area contributed by atoms with E-state index in [0.29, 0.717) is 29.4 Å². The van der Waals surface area contributed by atoms with E-state index in [-0.39, 0.29) is 11.2 Å². The van der Waals surface area contributed by atoms with Crippen molar-refractivity contribution in [2.24, 2.45) is 4.99 Å². The van der Waals surface area contributed by atoms with E-state index < -0.39 is 0 Å². The van der Waals surface area contributed by atoms with Crippen molar-refractivity contribution in [2.75, 3.05) is 13.7 Å². The molecule has 0 saturated heterocycles. The Bertz CT molecular complexity index is 773. The molecule has 132 valence electrons. The summed E-state index contributed by atoms with van der Waals surface area (Å²) in [4.78, 5) is 4.49. The number of phenolic OH excluding ortho intramolecular Hbond substituents is 1. The summed E-state index contributed by atoms with van der Waals surface area (Å²) in [6.45, 7) is 10.2. The molecule has 1 N–H and O–H groups in total. The summed E-state index contributed by atoms with van der Waals surface area (Å²) < 4.78 is 11.0. The minimum atomic E-state index is -0.216. The molecular formula is C21H25NO3. The predicted molar refractivity (Wildman–Crippen MR) is 103 cm³/mol. The van der Waals surface area contributed by atoms with E-state index in [0.717, 1.165) is 5.56 Å². The summed E-state index contributed by atoms with van der Waals surface area (Å²) in [7, 11) is 1.61. The zero-order chi connectivity index (χ0) is 18.4. The Morgan fingerprint density at radius 3 is 2.56 bits per heavy atom. The van der Waals surface area contributed by atoms with Crippen LogP contribution in [-0.2, 0) is 5.41 Å². The normalized spacial score (nSPS) is 11.5. The maximum Gasteiger partial charge on any atom is 0.145 e.